The molecule has 0 aliphatic carbocycles. The van der Waals surface area contributed by atoms with E-state index in [0.29, 0.717) is 5.88 Å². The lowest BCUT2D eigenvalue weighted by Gasteiger charge is -1.96. The molecule has 0 aliphatic rings. The molecule has 1 nitrogen and oxygen atoms in total. The molecule has 0 saturated heterocycles. The topological polar surface area (TPSA) is 12.9 Å². The van der Waals surface area contributed by atoms with E-state index in [2.05, 4.69) is 27.6 Å². The predicted octanol–water partition coefficient (Wildman–Crippen LogP) is 2.56. The van der Waals surface area contributed by atoms with Gasteiger partial charge < -0.3 is 0 Å². The Morgan fingerprint density at radius 2 is 2.40 bits per heavy atom. The summed E-state index contributed by atoms with van der Waals surface area (Å²) in [5.74, 6) is -0.145. The molecule has 0 unspecified atom stereocenters. The monoisotopic (exact) mass is 271 g/mol. The van der Waals surface area contributed by atoms with Gasteiger partial charge in [0.25, 0.3) is 0 Å². The molecule has 1 rings (SSSR count). The highest BCUT2D eigenvalue weighted by atomic mass is 127. The minimum absolute atomic E-state index is 0.331. The van der Waals surface area contributed by atoms with Crippen molar-refractivity contribution in [2.24, 2.45) is 0 Å². The quantitative estimate of drug-likeness (QED) is 0.435. The summed E-state index contributed by atoms with van der Waals surface area (Å²) in [4.78, 5) is 3.45. The maximum Gasteiger partial charge on any atom is 0.213 e. The van der Waals surface area contributed by atoms with Crippen LogP contribution in [0.5, 0.6) is 0 Å². The second kappa shape index (κ2) is 3.48. The van der Waals surface area contributed by atoms with Crippen LogP contribution in [0.15, 0.2) is 12.3 Å². The molecule has 1 aromatic heterocycles. The number of hydrogen-bond acceptors (Lipinski definition) is 1. The Balaban J connectivity index is 3.09. The third kappa shape index (κ3) is 1.79. The van der Waals surface area contributed by atoms with Crippen LogP contribution in [0.3, 0.4) is 0 Å². The second-order valence-corrected chi connectivity index (χ2v) is 3.16. The van der Waals surface area contributed by atoms with Crippen molar-refractivity contribution in [2.75, 3.05) is 0 Å². The van der Waals surface area contributed by atoms with Crippen LogP contribution in [0.2, 0.25) is 0 Å². The Labute approximate surface area is 76.7 Å². The first-order valence-electron chi connectivity index (χ1n) is 2.60. The third-order valence-electron chi connectivity index (χ3n) is 1.05. The van der Waals surface area contributed by atoms with Gasteiger partial charge in [-0.3, -0.25) is 0 Å². The minimum Gasteiger partial charge on any atom is -0.227 e. The van der Waals surface area contributed by atoms with Crippen LogP contribution >= 0.6 is 34.2 Å². The van der Waals surface area contributed by atoms with E-state index in [1.807, 2.05) is 0 Å². The van der Waals surface area contributed by atoms with Gasteiger partial charge in [-0.2, -0.15) is 4.39 Å². The molecule has 0 fully saturated rings. The van der Waals surface area contributed by atoms with Crippen molar-refractivity contribution in [1.29, 1.82) is 0 Å². The van der Waals surface area contributed by atoms with Gasteiger partial charge in [-0.15, -0.1) is 11.6 Å². The van der Waals surface area contributed by atoms with Crippen LogP contribution in [-0.4, -0.2) is 4.98 Å². The third-order valence-corrected chi connectivity index (χ3v) is 2.30. The summed E-state index contributed by atoms with van der Waals surface area (Å²) >= 11 is 7.57. The summed E-state index contributed by atoms with van der Waals surface area (Å²) in [5, 5.41) is 0. The molecule has 0 saturated carbocycles. The highest BCUT2D eigenvalue weighted by molar-refractivity contribution is 14.1. The van der Waals surface area contributed by atoms with Crippen LogP contribution < -0.4 is 0 Å². The number of nitrogens with zero attached hydrogens (tertiary/aromatic N) is 1. The summed E-state index contributed by atoms with van der Waals surface area (Å²) < 4.78 is 13.3. The lowest BCUT2D eigenvalue weighted by molar-refractivity contribution is 0.581. The number of aromatic nitrogens is 1. The molecule has 10 heavy (non-hydrogen) atoms. The normalized spacial score (nSPS) is 9.90. The van der Waals surface area contributed by atoms with Gasteiger partial charge in [-0.25, -0.2) is 4.98 Å². The van der Waals surface area contributed by atoms with Gasteiger partial charge in [0.15, 0.2) is 0 Å². The maximum absolute atomic E-state index is 12.4. The smallest absolute Gasteiger partial charge is 0.213 e. The van der Waals surface area contributed by atoms with E-state index in [-0.39, 0.29) is 0 Å². The van der Waals surface area contributed by atoms with E-state index >= 15 is 0 Å². The number of pyridine rings is 1. The summed E-state index contributed by atoms with van der Waals surface area (Å²) in [5.41, 5.74) is 0.787. The second-order valence-electron chi connectivity index (χ2n) is 1.73. The fourth-order valence-corrected chi connectivity index (χ4v) is 1.49. The number of rotatable bonds is 1. The molecule has 4 heteroatoms. The Hall–Kier alpha value is 0.1000. The fourth-order valence-electron chi connectivity index (χ4n) is 0.554. The van der Waals surface area contributed by atoms with Crippen molar-refractivity contribution in [1.82, 2.24) is 4.98 Å². The zero-order valence-corrected chi connectivity index (χ0v) is 7.86. The zero-order valence-electron chi connectivity index (χ0n) is 4.94. The van der Waals surface area contributed by atoms with Crippen molar-refractivity contribution < 1.29 is 4.39 Å². The predicted molar refractivity (Wildman–Crippen MR) is 46.5 cm³/mol. The Morgan fingerprint density at radius 1 is 1.70 bits per heavy atom. The molecular weight excluding hydrogens is 267 g/mol. The molecule has 0 aromatic carbocycles. The van der Waals surface area contributed by atoms with Gasteiger partial charge >= 0.3 is 0 Å². The van der Waals surface area contributed by atoms with E-state index in [1.54, 1.807) is 0 Å². The molecule has 0 atom stereocenters. The summed E-state index contributed by atoms with van der Waals surface area (Å²) in [6.07, 6.45) is 1.47. The van der Waals surface area contributed by atoms with Gasteiger partial charge in [0, 0.05) is 15.6 Å². The first-order chi connectivity index (χ1) is 4.74. The van der Waals surface area contributed by atoms with E-state index in [4.69, 9.17) is 11.6 Å². The summed E-state index contributed by atoms with van der Waals surface area (Å²) in [7, 11) is 0. The van der Waals surface area contributed by atoms with Crippen molar-refractivity contribution >= 4 is 34.2 Å². The van der Waals surface area contributed by atoms with Crippen LogP contribution in [0.4, 0.5) is 4.39 Å². The van der Waals surface area contributed by atoms with Gasteiger partial charge in [-0.1, -0.05) is 0 Å². The molecule has 0 aliphatic heterocycles. The average Bonchev–Trinajstić information content (AvgIpc) is 1.94. The average molecular weight is 271 g/mol. The van der Waals surface area contributed by atoms with Crippen LogP contribution in [-0.2, 0) is 5.88 Å². The Kier molecular flexibility index (Phi) is 2.85. The molecule has 0 bridgehead atoms. The van der Waals surface area contributed by atoms with Gasteiger partial charge in [0.1, 0.15) is 0 Å². The van der Waals surface area contributed by atoms with Crippen LogP contribution in [0.25, 0.3) is 0 Å². The lowest BCUT2D eigenvalue weighted by Crippen LogP contribution is -1.89. The van der Waals surface area contributed by atoms with Crippen molar-refractivity contribution in [3.05, 3.63) is 27.3 Å². The first-order valence-corrected chi connectivity index (χ1v) is 4.21. The molecule has 0 spiro atoms. The highest BCUT2D eigenvalue weighted by Crippen LogP contribution is 2.13. The van der Waals surface area contributed by atoms with E-state index in [1.165, 1.54) is 12.3 Å². The van der Waals surface area contributed by atoms with E-state index < -0.39 is 5.95 Å². The highest BCUT2D eigenvalue weighted by Gasteiger charge is 1.99. The SMILES string of the molecule is Fc1cc(CCl)c(I)cn1. The van der Waals surface area contributed by atoms with Crippen molar-refractivity contribution in [3.8, 4) is 0 Å². The standard InChI is InChI=1S/C6H4ClFIN/c7-2-4-1-6(8)10-3-5(4)9/h1,3H,2H2. The minimum atomic E-state index is -0.476. The number of alkyl halides is 1. The van der Waals surface area contributed by atoms with Crippen LogP contribution in [0.1, 0.15) is 5.56 Å². The molecule has 0 amide bonds. The molecule has 0 radical (unpaired) electrons. The summed E-state index contributed by atoms with van der Waals surface area (Å²) in [6.45, 7) is 0. The van der Waals surface area contributed by atoms with Gasteiger partial charge in [0.2, 0.25) is 5.95 Å². The molecular formula is C6H4ClFIN. The van der Waals surface area contributed by atoms with E-state index in [9.17, 15) is 4.39 Å². The van der Waals surface area contributed by atoms with Crippen molar-refractivity contribution in [3.63, 3.8) is 0 Å². The first kappa shape index (κ1) is 8.20. The Bertz CT molecular complexity index is 241. The molecule has 0 N–H and O–H groups in total. The molecule has 1 heterocycles. The van der Waals surface area contributed by atoms with E-state index in [0.717, 1.165) is 9.13 Å². The largest absolute Gasteiger partial charge is 0.227 e. The fraction of sp³-hybridized carbons (Fsp3) is 0.167. The number of halogens is 3. The van der Waals surface area contributed by atoms with Crippen molar-refractivity contribution in [2.45, 2.75) is 5.88 Å². The van der Waals surface area contributed by atoms with Gasteiger partial charge in [-0.05, 0) is 34.2 Å². The van der Waals surface area contributed by atoms with Gasteiger partial charge in [0.05, 0.1) is 0 Å². The summed E-state index contributed by atoms with van der Waals surface area (Å²) in [6, 6.07) is 1.34. The zero-order chi connectivity index (χ0) is 7.56. The maximum atomic E-state index is 12.4. The molecule has 54 valence electrons. The lowest BCUT2D eigenvalue weighted by atomic mass is 10.3. The number of hydrogen-bond donors (Lipinski definition) is 0. The van der Waals surface area contributed by atoms with Crippen LogP contribution in [0, 0.1) is 9.52 Å². The molecule has 1 aromatic rings. The Morgan fingerprint density at radius 3 is 2.90 bits per heavy atom.